The molecule has 2 aromatic rings. The Bertz CT molecular complexity index is 720. The molecule has 0 fully saturated rings. The summed E-state index contributed by atoms with van der Waals surface area (Å²) >= 11 is 0. The summed E-state index contributed by atoms with van der Waals surface area (Å²) in [6.45, 7) is 0.119. The van der Waals surface area contributed by atoms with E-state index in [1.54, 1.807) is 43.5 Å². The van der Waals surface area contributed by atoms with Crippen molar-refractivity contribution in [3.8, 4) is 11.5 Å². The first kappa shape index (κ1) is 18.7. The SMILES string of the molecule is COc1ccc(C(O)CCC(=O)NCc2ccccc2F)c(OC)c1. The molecule has 1 unspecified atom stereocenters. The number of carbonyl (C=O) groups excluding carboxylic acids is 1. The summed E-state index contributed by atoms with van der Waals surface area (Å²) in [5.74, 6) is 0.509. The number of halogens is 1. The third-order valence-corrected chi connectivity index (χ3v) is 3.88. The van der Waals surface area contributed by atoms with Crippen molar-refractivity contribution in [2.45, 2.75) is 25.5 Å². The van der Waals surface area contributed by atoms with Crippen LogP contribution in [0.5, 0.6) is 11.5 Å². The van der Waals surface area contributed by atoms with Crippen LogP contribution in [0.3, 0.4) is 0 Å². The fraction of sp³-hybridized carbons (Fsp3) is 0.316. The van der Waals surface area contributed by atoms with Crippen molar-refractivity contribution in [1.82, 2.24) is 5.32 Å². The maximum absolute atomic E-state index is 13.5. The number of carbonyl (C=O) groups is 1. The molecule has 5 nitrogen and oxygen atoms in total. The number of rotatable bonds is 8. The molecule has 0 aliphatic rings. The van der Waals surface area contributed by atoms with Crippen molar-refractivity contribution in [1.29, 1.82) is 0 Å². The fourth-order valence-corrected chi connectivity index (χ4v) is 2.44. The van der Waals surface area contributed by atoms with E-state index in [1.165, 1.54) is 13.2 Å². The number of ether oxygens (including phenoxy) is 2. The molecule has 25 heavy (non-hydrogen) atoms. The Kier molecular flexibility index (Phi) is 6.77. The lowest BCUT2D eigenvalue weighted by Gasteiger charge is -2.15. The number of hydrogen-bond donors (Lipinski definition) is 2. The second kappa shape index (κ2) is 9.03. The van der Waals surface area contributed by atoms with E-state index < -0.39 is 6.10 Å². The molecule has 134 valence electrons. The van der Waals surface area contributed by atoms with Crippen molar-refractivity contribution in [3.05, 3.63) is 59.4 Å². The number of amides is 1. The van der Waals surface area contributed by atoms with Gasteiger partial charge in [-0.15, -0.1) is 0 Å². The van der Waals surface area contributed by atoms with Gasteiger partial charge >= 0.3 is 0 Å². The fourth-order valence-electron chi connectivity index (χ4n) is 2.44. The molecule has 2 N–H and O–H groups in total. The molecular formula is C19H22FNO4. The predicted octanol–water partition coefficient (Wildman–Crippen LogP) is 2.97. The Balaban J connectivity index is 1.88. The molecule has 6 heteroatoms. The molecule has 2 rings (SSSR count). The van der Waals surface area contributed by atoms with Crippen molar-refractivity contribution >= 4 is 5.91 Å². The van der Waals surface area contributed by atoms with E-state index in [4.69, 9.17) is 9.47 Å². The van der Waals surface area contributed by atoms with Crippen molar-refractivity contribution in [3.63, 3.8) is 0 Å². The summed E-state index contributed by atoms with van der Waals surface area (Å²) < 4.78 is 23.9. The molecule has 1 amide bonds. The molecule has 0 saturated carbocycles. The van der Waals surface area contributed by atoms with Crippen LogP contribution in [0.4, 0.5) is 4.39 Å². The number of methoxy groups -OCH3 is 2. The molecule has 0 saturated heterocycles. The number of hydrogen-bond acceptors (Lipinski definition) is 4. The van der Waals surface area contributed by atoms with Gasteiger partial charge < -0.3 is 19.9 Å². The van der Waals surface area contributed by atoms with Crippen LogP contribution in [0.2, 0.25) is 0 Å². The second-order valence-corrected chi connectivity index (χ2v) is 5.53. The first-order chi connectivity index (χ1) is 12.0. The molecule has 2 aromatic carbocycles. The minimum absolute atomic E-state index is 0.116. The zero-order valence-electron chi connectivity index (χ0n) is 14.3. The molecule has 0 aromatic heterocycles. The summed E-state index contributed by atoms with van der Waals surface area (Å²) in [6, 6.07) is 11.4. The standard InChI is InChI=1S/C19H22FNO4/c1-24-14-7-8-15(18(11-14)25-2)17(22)9-10-19(23)21-12-13-5-3-4-6-16(13)20/h3-8,11,17,22H,9-10,12H2,1-2H3,(H,21,23). The maximum atomic E-state index is 13.5. The number of aliphatic hydroxyl groups is 1. The lowest BCUT2D eigenvalue weighted by atomic mass is 10.0. The van der Waals surface area contributed by atoms with Crippen LogP contribution in [0, 0.1) is 5.82 Å². The van der Waals surface area contributed by atoms with Gasteiger partial charge in [-0.25, -0.2) is 4.39 Å². The van der Waals surface area contributed by atoms with Gasteiger partial charge in [-0.2, -0.15) is 0 Å². The van der Waals surface area contributed by atoms with Gasteiger partial charge in [0, 0.05) is 30.2 Å². The predicted molar refractivity (Wildman–Crippen MR) is 92.0 cm³/mol. The molecule has 0 aliphatic carbocycles. The van der Waals surface area contributed by atoms with E-state index in [2.05, 4.69) is 5.32 Å². The molecule has 1 atom stereocenters. The van der Waals surface area contributed by atoms with Gasteiger partial charge in [0.1, 0.15) is 17.3 Å². The molecule has 0 spiro atoms. The van der Waals surface area contributed by atoms with E-state index in [1.807, 2.05) is 0 Å². The van der Waals surface area contributed by atoms with Gasteiger partial charge in [0.25, 0.3) is 0 Å². The van der Waals surface area contributed by atoms with Crippen LogP contribution >= 0.6 is 0 Å². The zero-order valence-corrected chi connectivity index (χ0v) is 14.3. The van der Waals surface area contributed by atoms with Crippen LogP contribution in [0.15, 0.2) is 42.5 Å². The highest BCUT2D eigenvalue weighted by Crippen LogP contribution is 2.31. The Hall–Kier alpha value is -2.60. The summed E-state index contributed by atoms with van der Waals surface area (Å²) in [5.41, 5.74) is 1.01. The minimum Gasteiger partial charge on any atom is -0.497 e. The molecule has 0 radical (unpaired) electrons. The average Bonchev–Trinajstić information content (AvgIpc) is 2.64. The Labute approximate surface area is 146 Å². The highest BCUT2D eigenvalue weighted by Gasteiger charge is 2.16. The van der Waals surface area contributed by atoms with Crippen molar-refractivity contribution < 1.29 is 23.8 Å². The summed E-state index contributed by atoms with van der Waals surface area (Å²) in [6.07, 6.45) is -0.503. The minimum atomic E-state index is -0.847. The highest BCUT2D eigenvalue weighted by molar-refractivity contribution is 5.75. The number of benzene rings is 2. The van der Waals surface area contributed by atoms with Gasteiger partial charge in [-0.3, -0.25) is 4.79 Å². The summed E-state index contributed by atoms with van der Waals surface area (Å²) in [4.78, 5) is 11.9. The lowest BCUT2D eigenvalue weighted by molar-refractivity contribution is -0.121. The average molecular weight is 347 g/mol. The Morgan fingerprint density at radius 2 is 1.96 bits per heavy atom. The van der Waals surface area contributed by atoms with E-state index in [0.29, 0.717) is 22.6 Å². The van der Waals surface area contributed by atoms with Crippen molar-refractivity contribution in [2.24, 2.45) is 0 Å². The van der Waals surface area contributed by atoms with E-state index in [-0.39, 0.29) is 31.1 Å². The van der Waals surface area contributed by atoms with E-state index in [9.17, 15) is 14.3 Å². The molecule has 0 aliphatic heterocycles. The number of nitrogens with one attached hydrogen (secondary N) is 1. The molecule has 0 heterocycles. The topological polar surface area (TPSA) is 67.8 Å². The van der Waals surface area contributed by atoms with Gasteiger partial charge in [-0.05, 0) is 24.6 Å². The normalized spacial score (nSPS) is 11.7. The van der Waals surface area contributed by atoms with Gasteiger partial charge in [0.2, 0.25) is 5.91 Å². The monoisotopic (exact) mass is 347 g/mol. The first-order valence-electron chi connectivity index (χ1n) is 7.95. The van der Waals surface area contributed by atoms with Gasteiger partial charge in [-0.1, -0.05) is 18.2 Å². The highest BCUT2D eigenvalue weighted by atomic mass is 19.1. The van der Waals surface area contributed by atoms with Gasteiger partial charge in [0.05, 0.1) is 20.3 Å². The van der Waals surface area contributed by atoms with Crippen LogP contribution in [0.25, 0.3) is 0 Å². The van der Waals surface area contributed by atoms with Crippen LogP contribution in [0.1, 0.15) is 30.1 Å². The Morgan fingerprint density at radius 3 is 2.64 bits per heavy atom. The van der Waals surface area contributed by atoms with Gasteiger partial charge in [0.15, 0.2) is 0 Å². The second-order valence-electron chi connectivity index (χ2n) is 5.53. The first-order valence-corrected chi connectivity index (χ1v) is 7.95. The summed E-state index contributed by atoms with van der Waals surface area (Å²) in [7, 11) is 3.05. The van der Waals surface area contributed by atoms with Crippen LogP contribution in [-0.2, 0) is 11.3 Å². The van der Waals surface area contributed by atoms with E-state index >= 15 is 0 Å². The molecule has 0 bridgehead atoms. The summed E-state index contributed by atoms with van der Waals surface area (Å²) in [5, 5.41) is 13.0. The van der Waals surface area contributed by atoms with Crippen LogP contribution < -0.4 is 14.8 Å². The Morgan fingerprint density at radius 1 is 1.20 bits per heavy atom. The molecular weight excluding hydrogens is 325 g/mol. The smallest absolute Gasteiger partial charge is 0.220 e. The van der Waals surface area contributed by atoms with E-state index in [0.717, 1.165) is 0 Å². The van der Waals surface area contributed by atoms with Crippen LogP contribution in [-0.4, -0.2) is 25.2 Å². The maximum Gasteiger partial charge on any atom is 0.220 e. The zero-order chi connectivity index (χ0) is 18.2. The third-order valence-electron chi connectivity index (χ3n) is 3.88. The lowest BCUT2D eigenvalue weighted by Crippen LogP contribution is -2.23. The third kappa shape index (κ3) is 5.19. The van der Waals surface area contributed by atoms with Crippen molar-refractivity contribution in [2.75, 3.05) is 14.2 Å². The number of aliphatic hydroxyl groups excluding tert-OH is 1. The largest absolute Gasteiger partial charge is 0.497 e. The quantitative estimate of drug-likeness (QED) is 0.770.